The average Bonchev–Trinajstić information content (AvgIpc) is 2.93. The topological polar surface area (TPSA) is 9.23 Å². The van der Waals surface area contributed by atoms with Crippen molar-refractivity contribution in [3.63, 3.8) is 0 Å². The van der Waals surface area contributed by atoms with E-state index in [0.717, 1.165) is 37.2 Å². The van der Waals surface area contributed by atoms with E-state index >= 15 is 0 Å². The van der Waals surface area contributed by atoms with Crippen LogP contribution in [0.1, 0.15) is 118 Å². The Balaban J connectivity index is 1.27. The summed E-state index contributed by atoms with van der Waals surface area (Å²) in [4.78, 5) is 0. The first kappa shape index (κ1) is 28.0. The van der Waals surface area contributed by atoms with Crippen LogP contribution in [0.2, 0.25) is 0 Å². The molecular weight excluding hydrogens is 469 g/mol. The van der Waals surface area contributed by atoms with Gasteiger partial charge in [0.15, 0.2) is 0 Å². The highest BCUT2D eigenvalue weighted by atomic mass is 19.3. The van der Waals surface area contributed by atoms with Gasteiger partial charge in [-0.1, -0.05) is 80.4 Å². The minimum atomic E-state index is -3.89. The fourth-order valence-corrected chi connectivity index (χ4v) is 6.38. The lowest BCUT2D eigenvalue weighted by molar-refractivity contribution is -0.282. The van der Waals surface area contributed by atoms with Gasteiger partial charge in [0.25, 0.3) is 0 Å². The standard InChI is InChI=1S/C33H43F3O/c1-3-5-24-7-13-27(14-8-24)29-17-11-26(12-18-29)23-37-33(35,36)32(34)31-21-19-30(20-22-31)28-15-9-25(6-4-2)10-16-28/h3,5,11-12,17-22,24-25,27-28,32H,4,6-10,13-16,23H2,1-2H3/b5-3+. The predicted octanol–water partition coefficient (Wildman–Crippen LogP) is 10.4. The summed E-state index contributed by atoms with van der Waals surface area (Å²) in [5.41, 5.74) is 2.98. The van der Waals surface area contributed by atoms with Crippen molar-refractivity contribution < 1.29 is 17.9 Å². The minimum Gasteiger partial charge on any atom is -0.313 e. The average molecular weight is 513 g/mol. The van der Waals surface area contributed by atoms with Gasteiger partial charge >= 0.3 is 6.11 Å². The summed E-state index contributed by atoms with van der Waals surface area (Å²) in [5, 5.41) is 0. The van der Waals surface area contributed by atoms with Crippen LogP contribution in [0.3, 0.4) is 0 Å². The number of hydrogen-bond acceptors (Lipinski definition) is 1. The van der Waals surface area contributed by atoms with Crippen LogP contribution in [-0.2, 0) is 11.3 Å². The largest absolute Gasteiger partial charge is 0.391 e. The van der Waals surface area contributed by atoms with Crippen LogP contribution in [-0.4, -0.2) is 6.11 Å². The summed E-state index contributed by atoms with van der Waals surface area (Å²) in [7, 11) is 0. The molecule has 37 heavy (non-hydrogen) atoms. The second-order valence-corrected chi connectivity index (χ2v) is 11.3. The SMILES string of the molecule is C/C=C/C1CCC(c2ccc(COC(F)(F)C(F)c3ccc(C4CCC(CCC)CC4)cc3)cc2)CC1. The van der Waals surface area contributed by atoms with Crippen LogP contribution in [0, 0.1) is 11.8 Å². The van der Waals surface area contributed by atoms with E-state index in [1.807, 2.05) is 36.4 Å². The Bertz CT molecular complexity index is 966. The smallest absolute Gasteiger partial charge is 0.313 e. The molecule has 0 aromatic heterocycles. The van der Waals surface area contributed by atoms with E-state index in [0.29, 0.717) is 23.3 Å². The summed E-state index contributed by atoms with van der Waals surface area (Å²) >= 11 is 0. The molecule has 0 heterocycles. The highest BCUT2D eigenvalue weighted by Crippen LogP contribution is 2.40. The molecule has 0 amide bonds. The summed E-state index contributed by atoms with van der Waals surface area (Å²) in [6.07, 6.45) is 9.90. The maximum atomic E-state index is 14.8. The molecule has 1 atom stereocenters. The molecule has 2 aromatic rings. The van der Waals surface area contributed by atoms with Crippen molar-refractivity contribution >= 4 is 0 Å². The van der Waals surface area contributed by atoms with Gasteiger partial charge in [-0.25, -0.2) is 4.39 Å². The monoisotopic (exact) mass is 512 g/mol. The van der Waals surface area contributed by atoms with Crippen molar-refractivity contribution in [3.05, 3.63) is 82.9 Å². The summed E-state index contributed by atoms with van der Waals surface area (Å²) in [6, 6.07) is 14.4. The van der Waals surface area contributed by atoms with Crippen LogP contribution < -0.4 is 0 Å². The second kappa shape index (κ2) is 13.1. The number of ether oxygens (including phenoxy) is 1. The molecule has 1 unspecified atom stereocenters. The number of halogens is 3. The molecule has 2 saturated carbocycles. The van der Waals surface area contributed by atoms with Crippen LogP contribution in [0.15, 0.2) is 60.7 Å². The van der Waals surface area contributed by atoms with Gasteiger partial charge in [0.05, 0.1) is 6.61 Å². The Labute approximate surface area is 221 Å². The first-order chi connectivity index (χ1) is 17.9. The lowest BCUT2D eigenvalue weighted by atomic mass is 9.77. The van der Waals surface area contributed by atoms with Crippen molar-refractivity contribution in [2.45, 2.75) is 109 Å². The number of allylic oxidation sites excluding steroid dienone is 2. The summed E-state index contributed by atoms with van der Waals surface area (Å²) in [5.74, 6) is 2.45. The summed E-state index contributed by atoms with van der Waals surface area (Å²) in [6.45, 7) is 3.98. The molecule has 0 saturated heterocycles. The molecule has 2 aromatic carbocycles. The highest BCUT2D eigenvalue weighted by molar-refractivity contribution is 5.28. The molecule has 4 rings (SSSR count). The van der Waals surface area contributed by atoms with E-state index in [2.05, 4.69) is 26.0 Å². The van der Waals surface area contributed by atoms with Crippen LogP contribution in [0.25, 0.3) is 0 Å². The zero-order valence-corrected chi connectivity index (χ0v) is 22.5. The van der Waals surface area contributed by atoms with Crippen molar-refractivity contribution in [1.29, 1.82) is 0 Å². The zero-order chi connectivity index (χ0) is 26.3. The molecule has 2 fully saturated rings. The molecule has 0 aliphatic heterocycles. The van der Waals surface area contributed by atoms with Gasteiger partial charge in [0.1, 0.15) is 0 Å². The van der Waals surface area contributed by atoms with E-state index in [-0.39, 0.29) is 12.2 Å². The third kappa shape index (κ3) is 7.50. The van der Waals surface area contributed by atoms with Crippen LogP contribution in [0.4, 0.5) is 13.2 Å². The molecule has 0 N–H and O–H groups in total. The lowest BCUT2D eigenvalue weighted by Gasteiger charge is -2.29. The molecule has 1 nitrogen and oxygen atoms in total. The Morgan fingerprint density at radius 3 is 1.92 bits per heavy atom. The van der Waals surface area contributed by atoms with Crippen molar-refractivity contribution in [3.8, 4) is 0 Å². The maximum Gasteiger partial charge on any atom is 0.391 e. The predicted molar refractivity (Wildman–Crippen MR) is 146 cm³/mol. The Morgan fingerprint density at radius 2 is 1.38 bits per heavy atom. The maximum absolute atomic E-state index is 14.8. The minimum absolute atomic E-state index is 0.0303. The molecule has 0 radical (unpaired) electrons. The van der Waals surface area contributed by atoms with Crippen molar-refractivity contribution in [2.75, 3.05) is 0 Å². The third-order valence-corrected chi connectivity index (χ3v) is 8.66. The number of hydrogen-bond donors (Lipinski definition) is 0. The molecule has 0 bridgehead atoms. The fraction of sp³-hybridized carbons (Fsp3) is 0.576. The Morgan fingerprint density at radius 1 is 0.838 bits per heavy atom. The van der Waals surface area contributed by atoms with Gasteiger partial charge < -0.3 is 4.74 Å². The first-order valence-electron chi connectivity index (χ1n) is 14.4. The molecule has 0 spiro atoms. The third-order valence-electron chi connectivity index (χ3n) is 8.66. The zero-order valence-electron chi connectivity index (χ0n) is 22.5. The van der Waals surface area contributed by atoms with Crippen LogP contribution in [0.5, 0.6) is 0 Å². The van der Waals surface area contributed by atoms with Gasteiger partial charge in [-0.3, -0.25) is 0 Å². The highest BCUT2D eigenvalue weighted by Gasteiger charge is 2.43. The van der Waals surface area contributed by atoms with Gasteiger partial charge in [0, 0.05) is 0 Å². The van der Waals surface area contributed by atoms with E-state index in [1.165, 1.54) is 56.2 Å². The van der Waals surface area contributed by atoms with Crippen molar-refractivity contribution in [1.82, 2.24) is 0 Å². The number of rotatable bonds is 10. The summed E-state index contributed by atoms with van der Waals surface area (Å²) < 4.78 is 48.9. The van der Waals surface area contributed by atoms with E-state index in [4.69, 9.17) is 4.74 Å². The Hall–Kier alpha value is -2.07. The normalized spacial score (nSPS) is 25.9. The molecule has 202 valence electrons. The van der Waals surface area contributed by atoms with Crippen molar-refractivity contribution in [2.24, 2.45) is 11.8 Å². The first-order valence-corrected chi connectivity index (χ1v) is 14.4. The number of alkyl halides is 3. The van der Waals surface area contributed by atoms with Gasteiger partial charge in [-0.05, 0) is 104 Å². The van der Waals surface area contributed by atoms with Gasteiger partial charge in [-0.15, -0.1) is 0 Å². The van der Waals surface area contributed by atoms with Gasteiger partial charge in [0.2, 0.25) is 6.17 Å². The van der Waals surface area contributed by atoms with E-state index < -0.39 is 12.3 Å². The molecule has 4 heteroatoms. The van der Waals surface area contributed by atoms with E-state index in [9.17, 15) is 13.2 Å². The lowest BCUT2D eigenvalue weighted by Crippen LogP contribution is -2.27. The molecular formula is C33H43F3O. The quantitative estimate of drug-likeness (QED) is 0.288. The number of benzene rings is 2. The second-order valence-electron chi connectivity index (χ2n) is 11.3. The fourth-order valence-electron chi connectivity index (χ4n) is 6.38. The van der Waals surface area contributed by atoms with Gasteiger partial charge in [-0.2, -0.15) is 8.78 Å². The molecule has 2 aliphatic rings. The van der Waals surface area contributed by atoms with E-state index in [1.54, 1.807) is 0 Å². The molecule has 2 aliphatic carbocycles. The Kier molecular flexibility index (Phi) is 9.92. The van der Waals surface area contributed by atoms with Crippen LogP contribution >= 0.6 is 0 Å².